The second-order valence-corrected chi connectivity index (χ2v) is 4.58. The van der Waals surface area contributed by atoms with E-state index >= 15 is 0 Å². The number of nitrogens with one attached hydrogen (secondary N) is 1. The molecule has 1 aromatic heterocycles. The zero-order valence-electron chi connectivity index (χ0n) is 11.6. The monoisotopic (exact) mass is 286 g/mol. The minimum Gasteiger partial charge on any atom is -0.384 e. The lowest BCUT2D eigenvalue weighted by atomic mass is 10.1. The molecule has 0 fully saturated rings. The Morgan fingerprint density at radius 2 is 2.24 bits per heavy atom. The molecule has 0 aliphatic heterocycles. The Kier molecular flexibility index (Phi) is 4.67. The number of aromatic nitrogens is 2. The highest BCUT2D eigenvalue weighted by Crippen LogP contribution is 2.11. The van der Waals surface area contributed by atoms with Crippen molar-refractivity contribution in [1.29, 1.82) is 5.26 Å². The van der Waals surface area contributed by atoms with Gasteiger partial charge in [-0.1, -0.05) is 13.0 Å². The summed E-state index contributed by atoms with van der Waals surface area (Å²) in [7, 11) is 0. The van der Waals surface area contributed by atoms with Crippen molar-refractivity contribution in [2.75, 3.05) is 11.9 Å². The highest BCUT2D eigenvalue weighted by atomic mass is 19.1. The molecule has 0 atom stereocenters. The first-order chi connectivity index (χ1) is 10.1. The SMILES string of the molecule is CCCNc1cnn(Cc2ccc(C#N)cc2F)c(=O)c1. The smallest absolute Gasteiger partial charge is 0.269 e. The van der Waals surface area contributed by atoms with Crippen molar-refractivity contribution in [3.8, 4) is 6.07 Å². The fourth-order valence-electron chi connectivity index (χ4n) is 1.82. The Morgan fingerprint density at radius 1 is 1.43 bits per heavy atom. The van der Waals surface area contributed by atoms with Crippen LogP contribution in [0.4, 0.5) is 10.1 Å². The summed E-state index contributed by atoms with van der Waals surface area (Å²) in [5.74, 6) is -0.518. The van der Waals surface area contributed by atoms with Gasteiger partial charge in [-0.15, -0.1) is 0 Å². The number of hydrogen-bond donors (Lipinski definition) is 1. The van der Waals surface area contributed by atoms with Gasteiger partial charge in [0, 0.05) is 18.2 Å². The molecule has 0 aliphatic rings. The van der Waals surface area contributed by atoms with E-state index in [1.165, 1.54) is 22.9 Å². The van der Waals surface area contributed by atoms with Crippen molar-refractivity contribution in [2.24, 2.45) is 0 Å². The molecule has 2 rings (SSSR count). The second kappa shape index (κ2) is 6.66. The van der Waals surface area contributed by atoms with Crippen LogP contribution in [-0.2, 0) is 6.54 Å². The normalized spacial score (nSPS) is 10.1. The van der Waals surface area contributed by atoms with E-state index < -0.39 is 5.82 Å². The Balaban J connectivity index is 2.20. The molecular weight excluding hydrogens is 271 g/mol. The first-order valence-corrected chi connectivity index (χ1v) is 6.63. The minimum absolute atomic E-state index is 0.0322. The fraction of sp³-hybridized carbons (Fsp3) is 0.267. The van der Waals surface area contributed by atoms with Crippen molar-refractivity contribution >= 4 is 5.69 Å². The summed E-state index contributed by atoms with van der Waals surface area (Å²) in [5, 5.41) is 15.8. The van der Waals surface area contributed by atoms with E-state index in [-0.39, 0.29) is 17.7 Å². The summed E-state index contributed by atoms with van der Waals surface area (Å²) in [4.78, 5) is 11.9. The molecule has 0 aliphatic carbocycles. The number of nitriles is 1. The summed E-state index contributed by atoms with van der Waals surface area (Å²) in [5.41, 5.74) is 0.909. The van der Waals surface area contributed by atoms with Gasteiger partial charge in [0.1, 0.15) is 5.82 Å². The lowest BCUT2D eigenvalue weighted by molar-refractivity contribution is 0.572. The van der Waals surface area contributed by atoms with Crippen molar-refractivity contribution in [1.82, 2.24) is 9.78 Å². The van der Waals surface area contributed by atoms with E-state index in [1.807, 2.05) is 13.0 Å². The van der Waals surface area contributed by atoms with Gasteiger partial charge in [-0.25, -0.2) is 9.07 Å². The topological polar surface area (TPSA) is 70.7 Å². The number of halogens is 1. The van der Waals surface area contributed by atoms with Crippen LogP contribution < -0.4 is 10.9 Å². The molecule has 1 N–H and O–H groups in total. The van der Waals surface area contributed by atoms with Crippen LogP contribution in [0.1, 0.15) is 24.5 Å². The molecule has 0 saturated heterocycles. The second-order valence-electron chi connectivity index (χ2n) is 4.58. The van der Waals surface area contributed by atoms with Gasteiger partial charge in [0.05, 0.1) is 30.1 Å². The van der Waals surface area contributed by atoms with Crippen molar-refractivity contribution in [3.05, 3.63) is 57.8 Å². The molecule has 0 unspecified atom stereocenters. The van der Waals surface area contributed by atoms with Crippen LogP contribution in [-0.4, -0.2) is 16.3 Å². The minimum atomic E-state index is -0.518. The number of nitrogens with zero attached hydrogens (tertiary/aromatic N) is 3. The number of benzene rings is 1. The van der Waals surface area contributed by atoms with E-state index in [0.29, 0.717) is 11.3 Å². The van der Waals surface area contributed by atoms with Crippen LogP contribution in [0.15, 0.2) is 35.3 Å². The molecule has 0 amide bonds. The Labute approximate surface area is 121 Å². The molecule has 21 heavy (non-hydrogen) atoms. The summed E-state index contributed by atoms with van der Waals surface area (Å²) >= 11 is 0. The highest BCUT2D eigenvalue weighted by molar-refractivity contribution is 5.38. The Morgan fingerprint density at radius 3 is 2.86 bits per heavy atom. The number of hydrogen-bond acceptors (Lipinski definition) is 4. The van der Waals surface area contributed by atoms with E-state index in [4.69, 9.17) is 5.26 Å². The third-order valence-corrected chi connectivity index (χ3v) is 2.95. The predicted octanol–water partition coefficient (Wildman–Crippen LogP) is 2.12. The van der Waals surface area contributed by atoms with Crippen molar-refractivity contribution in [3.63, 3.8) is 0 Å². The molecule has 2 aromatic rings. The van der Waals surface area contributed by atoms with E-state index in [0.717, 1.165) is 19.0 Å². The van der Waals surface area contributed by atoms with Crippen LogP contribution in [0, 0.1) is 17.1 Å². The van der Waals surface area contributed by atoms with E-state index in [1.54, 1.807) is 6.20 Å². The van der Waals surface area contributed by atoms with Gasteiger partial charge < -0.3 is 5.32 Å². The maximum absolute atomic E-state index is 13.8. The first-order valence-electron chi connectivity index (χ1n) is 6.63. The summed E-state index contributed by atoms with van der Waals surface area (Å²) < 4.78 is 15.0. The zero-order chi connectivity index (χ0) is 15.2. The third-order valence-electron chi connectivity index (χ3n) is 2.95. The van der Waals surface area contributed by atoms with Crippen molar-refractivity contribution < 1.29 is 4.39 Å². The predicted molar refractivity (Wildman–Crippen MR) is 77.5 cm³/mol. The molecule has 0 spiro atoms. The lowest BCUT2D eigenvalue weighted by Gasteiger charge is -2.08. The molecule has 1 heterocycles. The van der Waals surface area contributed by atoms with Crippen LogP contribution in [0.5, 0.6) is 0 Å². The van der Waals surface area contributed by atoms with Crippen LogP contribution in [0.3, 0.4) is 0 Å². The maximum atomic E-state index is 13.8. The molecule has 1 aromatic carbocycles. The van der Waals surface area contributed by atoms with Gasteiger partial charge in [-0.3, -0.25) is 4.79 Å². The molecule has 108 valence electrons. The number of rotatable bonds is 5. The van der Waals surface area contributed by atoms with E-state index in [9.17, 15) is 9.18 Å². The Bertz CT molecular complexity index is 733. The molecule has 0 radical (unpaired) electrons. The van der Waals surface area contributed by atoms with Gasteiger partial charge in [-0.05, 0) is 18.6 Å². The molecule has 0 saturated carbocycles. The van der Waals surface area contributed by atoms with Gasteiger partial charge in [-0.2, -0.15) is 10.4 Å². The molecule has 0 bridgehead atoms. The first kappa shape index (κ1) is 14.7. The zero-order valence-corrected chi connectivity index (χ0v) is 11.6. The largest absolute Gasteiger partial charge is 0.384 e. The summed E-state index contributed by atoms with van der Waals surface area (Å²) in [6, 6.07) is 7.46. The lowest BCUT2D eigenvalue weighted by Crippen LogP contribution is -2.23. The third kappa shape index (κ3) is 3.66. The fourth-order valence-corrected chi connectivity index (χ4v) is 1.82. The standard InChI is InChI=1S/C15H15FN4O/c1-2-5-18-13-7-15(21)20(19-9-13)10-12-4-3-11(8-17)6-14(12)16/h3-4,6-7,9,18H,2,5,10H2,1H3. The average Bonchev–Trinajstić information content (AvgIpc) is 2.49. The Hall–Kier alpha value is -2.68. The molecule has 6 heteroatoms. The highest BCUT2D eigenvalue weighted by Gasteiger charge is 2.07. The van der Waals surface area contributed by atoms with Gasteiger partial charge in [0.15, 0.2) is 0 Å². The maximum Gasteiger partial charge on any atom is 0.269 e. The summed E-state index contributed by atoms with van der Waals surface area (Å²) in [6.45, 7) is 2.81. The van der Waals surface area contributed by atoms with Gasteiger partial charge >= 0.3 is 0 Å². The van der Waals surface area contributed by atoms with Gasteiger partial charge in [0.2, 0.25) is 0 Å². The van der Waals surface area contributed by atoms with E-state index in [2.05, 4.69) is 10.4 Å². The van der Waals surface area contributed by atoms with Gasteiger partial charge in [0.25, 0.3) is 5.56 Å². The van der Waals surface area contributed by atoms with Crippen molar-refractivity contribution in [2.45, 2.75) is 19.9 Å². The molecule has 5 nitrogen and oxygen atoms in total. The van der Waals surface area contributed by atoms with Crippen LogP contribution >= 0.6 is 0 Å². The number of anilines is 1. The van der Waals surface area contributed by atoms with Crippen LogP contribution in [0.2, 0.25) is 0 Å². The summed E-state index contributed by atoms with van der Waals surface area (Å²) in [6.07, 6.45) is 2.48. The molecular formula is C15H15FN4O. The van der Waals surface area contributed by atoms with Crippen LogP contribution in [0.25, 0.3) is 0 Å². The quantitative estimate of drug-likeness (QED) is 0.914. The average molecular weight is 286 g/mol.